The fourth-order valence-electron chi connectivity index (χ4n) is 1.60. The van der Waals surface area contributed by atoms with E-state index < -0.39 is 27.7 Å². The van der Waals surface area contributed by atoms with Crippen LogP contribution in [0.1, 0.15) is 41.0 Å². The zero-order valence-corrected chi connectivity index (χ0v) is 17.3. The molecule has 2 N–H and O–H groups in total. The Balaban J connectivity index is 4.14. The highest BCUT2D eigenvalue weighted by atomic mass is 32.2. The molecule has 158 valence electrons. The molecule has 0 bridgehead atoms. The molecule has 0 heterocycles. The summed E-state index contributed by atoms with van der Waals surface area (Å²) in [6.45, 7) is 7.61. The molecule has 0 fully saturated rings. The van der Waals surface area contributed by atoms with Crippen molar-refractivity contribution in [3.8, 4) is 0 Å². The van der Waals surface area contributed by atoms with E-state index >= 15 is 0 Å². The number of carbonyl (C=O) groups is 3. The van der Waals surface area contributed by atoms with Gasteiger partial charge in [0.05, 0.1) is 23.8 Å². The Bertz CT molecular complexity index is 602. The van der Waals surface area contributed by atoms with Crippen molar-refractivity contribution < 1.29 is 36.5 Å². The predicted molar refractivity (Wildman–Crippen MR) is 97.4 cm³/mol. The number of hydrogen-bond acceptors (Lipinski definition) is 8. The Morgan fingerprint density at radius 3 is 2.22 bits per heavy atom. The minimum Gasteiger partial charge on any atom is -0.462 e. The largest absolute Gasteiger partial charge is 0.462 e. The van der Waals surface area contributed by atoms with Crippen LogP contribution < -0.4 is 10.6 Å². The minimum atomic E-state index is -3.79. The van der Waals surface area contributed by atoms with Crippen LogP contribution in [0.2, 0.25) is 0 Å². The third-order valence-electron chi connectivity index (χ3n) is 3.02. The van der Waals surface area contributed by atoms with E-state index in [1.807, 2.05) is 0 Å². The standard InChI is InChI=1S/C16H30N2O8S/c1-12(2)14(20)24-8-9-25-15(21)18-16(4,5)11-26-27(22,23)10-6-7-17-13(3)19/h12H,6-11H2,1-5H3,(H,17,19)(H,18,21). The average Bonchev–Trinajstić information content (AvgIpc) is 2.53. The number of ether oxygens (including phenoxy) is 2. The molecule has 11 heteroatoms. The first kappa shape index (κ1) is 25.1. The highest BCUT2D eigenvalue weighted by Crippen LogP contribution is 2.07. The Labute approximate surface area is 160 Å². The molecule has 0 aliphatic rings. The van der Waals surface area contributed by atoms with Crippen LogP contribution in [0.5, 0.6) is 0 Å². The van der Waals surface area contributed by atoms with E-state index in [-0.39, 0.29) is 50.4 Å². The van der Waals surface area contributed by atoms with Gasteiger partial charge in [0.1, 0.15) is 13.2 Å². The van der Waals surface area contributed by atoms with Crippen LogP contribution in [0.4, 0.5) is 4.79 Å². The number of esters is 1. The Morgan fingerprint density at radius 2 is 1.67 bits per heavy atom. The van der Waals surface area contributed by atoms with Crippen LogP contribution in [0.25, 0.3) is 0 Å². The summed E-state index contributed by atoms with van der Waals surface area (Å²) in [5.41, 5.74) is -1.00. The lowest BCUT2D eigenvalue weighted by atomic mass is 10.1. The number of rotatable bonds is 12. The van der Waals surface area contributed by atoms with Gasteiger partial charge >= 0.3 is 12.1 Å². The Morgan fingerprint density at radius 1 is 1.07 bits per heavy atom. The van der Waals surface area contributed by atoms with E-state index in [4.69, 9.17) is 13.7 Å². The van der Waals surface area contributed by atoms with Crippen LogP contribution in [-0.4, -0.2) is 64.0 Å². The molecule has 0 aromatic heterocycles. The molecule has 2 amide bonds. The summed E-state index contributed by atoms with van der Waals surface area (Å²) in [6.07, 6.45) is -0.570. The predicted octanol–water partition coefficient (Wildman–Crippen LogP) is 0.563. The highest BCUT2D eigenvalue weighted by Gasteiger charge is 2.25. The minimum absolute atomic E-state index is 0.0654. The quantitative estimate of drug-likeness (QED) is 0.270. The monoisotopic (exact) mass is 410 g/mol. The lowest BCUT2D eigenvalue weighted by Gasteiger charge is -2.25. The van der Waals surface area contributed by atoms with Gasteiger partial charge < -0.3 is 20.1 Å². The number of carbonyl (C=O) groups excluding carboxylic acids is 3. The number of nitrogens with one attached hydrogen (secondary N) is 2. The number of alkyl carbamates (subject to hydrolysis) is 1. The molecule has 27 heavy (non-hydrogen) atoms. The fraction of sp³-hybridized carbons (Fsp3) is 0.812. The van der Waals surface area contributed by atoms with Gasteiger partial charge in [-0.15, -0.1) is 0 Å². The molecule has 0 saturated carbocycles. The number of hydrogen-bond donors (Lipinski definition) is 2. The van der Waals surface area contributed by atoms with E-state index in [9.17, 15) is 22.8 Å². The van der Waals surface area contributed by atoms with Crippen molar-refractivity contribution in [1.82, 2.24) is 10.6 Å². The molecule has 0 aromatic carbocycles. The molecule has 0 aromatic rings. The van der Waals surface area contributed by atoms with Crippen molar-refractivity contribution in [3.05, 3.63) is 0 Å². The van der Waals surface area contributed by atoms with E-state index in [1.165, 1.54) is 6.92 Å². The van der Waals surface area contributed by atoms with Gasteiger partial charge in [0.15, 0.2) is 0 Å². The zero-order valence-electron chi connectivity index (χ0n) is 16.5. The van der Waals surface area contributed by atoms with Crippen molar-refractivity contribution in [1.29, 1.82) is 0 Å². The summed E-state index contributed by atoms with van der Waals surface area (Å²) in [7, 11) is -3.79. The molecule has 0 aliphatic heterocycles. The summed E-state index contributed by atoms with van der Waals surface area (Å²) >= 11 is 0. The van der Waals surface area contributed by atoms with Crippen LogP contribution in [0.3, 0.4) is 0 Å². The number of amides is 2. The molecule has 0 rings (SSSR count). The second-order valence-corrected chi connectivity index (χ2v) is 8.59. The summed E-state index contributed by atoms with van der Waals surface area (Å²) in [4.78, 5) is 33.7. The van der Waals surface area contributed by atoms with E-state index in [1.54, 1.807) is 27.7 Å². The third kappa shape index (κ3) is 13.9. The maximum Gasteiger partial charge on any atom is 0.407 e. The molecule has 0 saturated heterocycles. The fourth-order valence-corrected chi connectivity index (χ4v) is 2.69. The van der Waals surface area contributed by atoms with Gasteiger partial charge in [0, 0.05) is 13.5 Å². The van der Waals surface area contributed by atoms with Gasteiger partial charge in [-0.3, -0.25) is 13.8 Å². The zero-order chi connectivity index (χ0) is 21.1. The molecule has 0 unspecified atom stereocenters. The second-order valence-electron chi connectivity index (χ2n) is 6.83. The van der Waals surface area contributed by atoms with Gasteiger partial charge in [-0.25, -0.2) is 4.79 Å². The van der Waals surface area contributed by atoms with E-state index in [0.29, 0.717) is 0 Å². The van der Waals surface area contributed by atoms with Crippen molar-refractivity contribution >= 4 is 28.1 Å². The second kappa shape index (κ2) is 11.8. The summed E-state index contributed by atoms with van der Waals surface area (Å²) < 4.78 is 38.3. The Hall–Kier alpha value is -1.88. The lowest BCUT2D eigenvalue weighted by molar-refractivity contribution is -0.148. The topological polar surface area (TPSA) is 137 Å². The summed E-state index contributed by atoms with van der Waals surface area (Å²) in [5, 5.41) is 4.96. The molecule has 0 spiro atoms. The first-order valence-corrected chi connectivity index (χ1v) is 10.2. The van der Waals surface area contributed by atoms with Crippen molar-refractivity contribution in [2.24, 2.45) is 5.92 Å². The van der Waals surface area contributed by atoms with Gasteiger partial charge in [-0.1, -0.05) is 13.8 Å². The Kier molecular flexibility index (Phi) is 10.9. The first-order valence-electron chi connectivity index (χ1n) is 8.58. The van der Waals surface area contributed by atoms with Gasteiger partial charge in [-0.05, 0) is 20.3 Å². The van der Waals surface area contributed by atoms with Crippen molar-refractivity contribution in [2.75, 3.05) is 32.1 Å². The van der Waals surface area contributed by atoms with Crippen molar-refractivity contribution in [3.63, 3.8) is 0 Å². The normalized spacial score (nSPS) is 11.8. The molecule has 0 aliphatic carbocycles. The van der Waals surface area contributed by atoms with E-state index in [2.05, 4.69) is 10.6 Å². The summed E-state index contributed by atoms with van der Waals surface area (Å²) in [5.74, 6) is -1.16. The van der Waals surface area contributed by atoms with Gasteiger partial charge in [0.25, 0.3) is 10.1 Å². The third-order valence-corrected chi connectivity index (χ3v) is 4.28. The smallest absolute Gasteiger partial charge is 0.407 e. The molecule has 0 atom stereocenters. The summed E-state index contributed by atoms with van der Waals surface area (Å²) in [6, 6.07) is 0. The SMILES string of the molecule is CC(=O)NCCCS(=O)(=O)OCC(C)(C)NC(=O)OCCOC(=O)C(C)C. The van der Waals surface area contributed by atoms with Crippen LogP contribution in [0.15, 0.2) is 0 Å². The average molecular weight is 410 g/mol. The maximum absolute atomic E-state index is 11.8. The van der Waals surface area contributed by atoms with Crippen molar-refractivity contribution in [2.45, 2.75) is 46.6 Å². The molecule has 10 nitrogen and oxygen atoms in total. The maximum atomic E-state index is 11.8. The van der Waals surface area contributed by atoms with E-state index in [0.717, 1.165) is 0 Å². The lowest BCUT2D eigenvalue weighted by Crippen LogP contribution is -2.48. The molecular formula is C16H30N2O8S. The molecule has 0 radical (unpaired) electrons. The highest BCUT2D eigenvalue weighted by molar-refractivity contribution is 7.86. The van der Waals surface area contributed by atoms with Gasteiger partial charge in [0.2, 0.25) is 5.91 Å². The van der Waals surface area contributed by atoms with Crippen LogP contribution in [0, 0.1) is 5.92 Å². The molecular weight excluding hydrogens is 380 g/mol. The van der Waals surface area contributed by atoms with Crippen LogP contribution >= 0.6 is 0 Å². The van der Waals surface area contributed by atoms with Gasteiger partial charge in [-0.2, -0.15) is 8.42 Å². The van der Waals surface area contributed by atoms with Crippen LogP contribution in [-0.2, 0) is 33.4 Å². The first-order chi connectivity index (χ1) is 12.3.